The van der Waals surface area contributed by atoms with E-state index >= 15 is 0 Å². The molecule has 1 aliphatic rings. The molecule has 1 unspecified atom stereocenters. The molecule has 4 rings (SSSR count). The fraction of sp³-hybridized carbons (Fsp3) is 0.115. The molecule has 1 fully saturated rings. The molecule has 0 aliphatic carbocycles. The Bertz CT molecular complexity index is 1320. The highest BCUT2D eigenvalue weighted by atomic mass is 16.5. The summed E-state index contributed by atoms with van der Waals surface area (Å²) in [5.41, 5.74) is 2.39. The summed E-state index contributed by atoms with van der Waals surface area (Å²) < 4.78 is 5.27. The Morgan fingerprint density at radius 3 is 2.27 bits per heavy atom. The Hall–Kier alpha value is -4.57. The molecule has 0 saturated carbocycles. The van der Waals surface area contributed by atoms with Crippen LogP contribution in [0.15, 0.2) is 72.3 Å². The normalized spacial score (nSPS) is 17.1. The number of aliphatic hydroxyl groups is 1. The first-order valence-corrected chi connectivity index (χ1v) is 10.1. The molecule has 0 aromatic heterocycles. The summed E-state index contributed by atoms with van der Waals surface area (Å²) in [6, 6.07) is 18.4. The standard InChI is InChI=1S/C26H20N2O5/c1-15-13-18(7-12-21(15)33-2)24(30)22-23(17-5-10-20(29)11-6-17)28(26(32)25(22)31)19-8-3-16(14-27)4-9-19/h3-13,23,29-30H,1-2H3/b24-22-. The Labute approximate surface area is 190 Å². The number of phenols is 1. The number of Topliss-reactive ketones (excluding diaryl/α,β-unsaturated/α-hetero) is 1. The Kier molecular flexibility index (Phi) is 5.59. The third kappa shape index (κ3) is 3.79. The maximum atomic E-state index is 13.2. The second-order valence-electron chi connectivity index (χ2n) is 7.60. The Balaban J connectivity index is 1.92. The van der Waals surface area contributed by atoms with Crippen molar-refractivity contribution >= 4 is 23.1 Å². The lowest BCUT2D eigenvalue weighted by Crippen LogP contribution is -2.29. The number of carbonyl (C=O) groups is 2. The van der Waals surface area contributed by atoms with Crippen molar-refractivity contribution in [2.75, 3.05) is 12.0 Å². The minimum Gasteiger partial charge on any atom is -0.508 e. The van der Waals surface area contributed by atoms with Crippen LogP contribution in [0.2, 0.25) is 0 Å². The van der Waals surface area contributed by atoms with Gasteiger partial charge in [-0.1, -0.05) is 12.1 Å². The number of hydrogen-bond donors (Lipinski definition) is 2. The smallest absolute Gasteiger partial charge is 0.300 e. The van der Waals surface area contributed by atoms with Crippen LogP contribution in [0.4, 0.5) is 5.69 Å². The van der Waals surface area contributed by atoms with Crippen molar-refractivity contribution in [2.45, 2.75) is 13.0 Å². The molecular weight excluding hydrogens is 420 g/mol. The summed E-state index contributed by atoms with van der Waals surface area (Å²) in [5, 5.41) is 30.0. The molecule has 33 heavy (non-hydrogen) atoms. The first kappa shape index (κ1) is 21.7. The molecule has 1 amide bonds. The number of aromatic hydroxyl groups is 1. The SMILES string of the molecule is COc1ccc(/C(O)=C2/C(=O)C(=O)N(c3ccc(C#N)cc3)C2c2ccc(O)cc2)cc1C. The number of nitrogens with zero attached hydrogens (tertiary/aromatic N) is 2. The lowest BCUT2D eigenvalue weighted by atomic mass is 9.94. The number of ketones is 1. The molecule has 1 heterocycles. The summed E-state index contributed by atoms with van der Waals surface area (Å²) in [6.45, 7) is 1.81. The lowest BCUT2D eigenvalue weighted by Gasteiger charge is -2.25. The van der Waals surface area contributed by atoms with E-state index in [4.69, 9.17) is 10.00 Å². The van der Waals surface area contributed by atoms with Gasteiger partial charge in [-0.2, -0.15) is 5.26 Å². The first-order chi connectivity index (χ1) is 15.8. The number of hydrogen-bond acceptors (Lipinski definition) is 6. The van der Waals surface area contributed by atoms with Crippen LogP contribution in [0.1, 0.15) is 28.3 Å². The number of amides is 1. The van der Waals surface area contributed by atoms with Crippen molar-refractivity contribution in [1.29, 1.82) is 5.26 Å². The summed E-state index contributed by atoms with van der Waals surface area (Å²) in [6.07, 6.45) is 0. The van der Waals surface area contributed by atoms with Crippen LogP contribution in [0.3, 0.4) is 0 Å². The van der Waals surface area contributed by atoms with Gasteiger partial charge in [0.15, 0.2) is 0 Å². The zero-order chi connectivity index (χ0) is 23.7. The molecule has 1 aliphatic heterocycles. The maximum Gasteiger partial charge on any atom is 0.300 e. The molecule has 7 heteroatoms. The average molecular weight is 440 g/mol. The number of methoxy groups -OCH3 is 1. The van der Waals surface area contributed by atoms with Crippen molar-refractivity contribution in [3.63, 3.8) is 0 Å². The van der Waals surface area contributed by atoms with E-state index in [1.54, 1.807) is 54.6 Å². The van der Waals surface area contributed by atoms with Crippen molar-refractivity contribution in [1.82, 2.24) is 0 Å². The topological polar surface area (TPSA) is 111 Å². The summed E-state index contributed by atoms with van der Waals surface area (Å²) in [5.74, 6) is -1.29. The van der Waals surface area contributed by atoms with E-state index in [2.05, 4.69) is 0 Å². The lowest BCUT2D eigenvalue weighted by molar-refractivity contribution is -0.132. The van der Waals surface area contributed by atoms with E-state index in [0.29, 0.717) is 28.1 Å². The predicted molar refractivity (Wildman–Crippen MR) is 122 cm³/mol. The third-order valence-electron chi connectivity index (χ3n) is 5.60. The van der Waals surface area contributed by atoms with E-state index in [1.807, 2.05) is 13.0 Å². The van der Waals surface area contributed by atoms with Gasteiger partial charge in [-0.05, 0) is 72.6 Å². The van der Waals surface area contributed by atoms with Gasteiger partial charge in [0.05, 0.1) is 30.4 Å². The molecule has 0 bridgehead atoms. The summed E-state index contributed by atoms with van der Waals surface area (Å²) in [4.78, 5) is 27.6. The second-order valence-corrected chi connectivity index (χ2v) is 7.60. The number of anilines is 1. The van der Waals surface area contributed by atoms with Gasteiger partial charge < -0.3 is 14.9 Å². The maximum absolute atomic E-state index is 13.2. The predicted octanol–water partition coefficient (Wildman–Crippen LogP) is 4.21. The van der Waals surface area contributed by atoms with Crippen molar-refractivity contribution in [2.24, 2.45) is 0 Å². The monoisotopic (exact) mass is 440 g/mol. The van der Waals surface area contributed by atoms with Crippen molar-refractivity contribution in [3.05, 3.63) is 94.6 Å². The van der Waals surface area contributed by atoms with Gasteiger partial charge in [-0.3, -0.25) is 14.5 Å². The highest BCUT2D eigenvalue weighted by molar-refractivity contribution is 6.51. The third-order valence-corrected chi connectivity index (χ3v) is 5.60. The highest BCUT2D eigenvalue weighted by Gasteiger charge is 2.47. The summed E-state index contributed by atoms with van der Waals surface area (Å²) >= 11 is 0. The first-order valence-electron chi connectivity index (χ1n) is 10.1. The number of benzene rings is 3. The van der Waals surface area contributed by atoms with Crippen LogP contribution in [-0.4, -0.2) is 29.0 Å². The Morgan fingerprint density at radius 2 is 1.70 bits per heavy atom. The molecular formula is C26H20N2O5. The fourth-order valence-corrected chi connectivity index (χ4v) is 3.95. The molecule has 0 spiro atoms. The van der Waals surface area contributed by atoms with Gasteiger partial charge in [0.2, 0.25) is 0 Å². The molecule has 0 radical (unpaired) electrons. The number of ether oxygens (including phenoxy) is 1. The zero-order valence-electron chi connectivity index (χ0n) is 17.9. The van der Waals surface area contributed by atoms with E-state index in [-0.39, 0.29) is 17.1 Å². The Morgan fingerprint density at radius 1 is 1.03 bits per heavy atom. The van der Waals surface area contributed by atoms with Crippen LogP contribution in [0.5, 0.6) is 11.5 Å². The number of aryl methyl sites for hydroxylation is 1. The van der Waals surface area contributed by atoms with Crippen LogP contribution in [-0.2, 0) is 9.59 Å². The highest BCUT2D eigenvalue weighted by Crippen LogP contribution is 2.42. The molecule has 164 valence electrons. The molecule has 1 saturated heterocycles. The van der Waals surface area contributed by atoms with E-state index < -0.39 is 17.7 Å². The van der Waals surface area contributed by atoms with Gasteiger partial charge in [0.1, 0.15) is 17.3 Å². The van der Waals surface area contributed by atoms with Gasteiger partial charge >= 0.3 is 0 Å². The van der Waals surface area contributed by atoms with E-state index in [1.165, 1.54) is 24.1 Å². The van der Waals surface area contributed by atoms with Gasteiger partial charge in [0.25, 0.3) is 11.7 Å². The summed E-state index contributed by atoms with van der Waals surface area (Å²) in [7, 11) is 1.54. The quantitative estimate of drug-likeness (QED) is 0.357. The minimum atomic E-state index is -0.930. The van der Waals surface area contributed by atoms with Crippen LogP contribution in [0.25, 0.3) is 5.76 Å². The zero-order valence-corrected chi connectivity index (χ0v) is 17.9. The van der Waals surface area contributed by atoms with Crippen LogP contribution < -0.4 is 9.64 Å². The number of aliphatic hydroxyl groups excluding tert-OH is 1. The molecule has 3 aromatic rings. The largest absolute Gasteiger partial charge is 0.508 e. The second kappa shape index (κ2) is 8.52. The number of carbonyl (C=O) groups excluding carboxylic acids is 2. The molecule has 3 aromatic carbocycles. The number of rotatable bonds is 4. The van der Waals surface area contributed by atoms with Crippen molar-refractivity contribution < 1.29 is 24.5 Å². The fourth-order valence-electron chi connectivity index (χ4n) is 3.95. The van der Waals surface area contributed by atoms with Gasteiger partial charge in [-0.25, -0.2) is 0 Å². The minimum absolute atomic E-state index is 0.0276. The van der Waals surface area contributed by atoms with E-state index in [9.17, 15) is 19.8 Å². The number of phenolic OH excluding ortho intramolecular Hbond substituents is 1. The average Bonchev–Trinajstić information content (AvgIpc) is 3.09. The van der Waals surface area contributed by atoms with Crippen molar-refractivity contribution in [3.8, 4) is 17.6 Å². The molecule has 7 nitrogen and oxygen atoms in total. The van der Waals surface area contributed by atoms with Crippen LogP contribution in [0, 0.1) is 18.3 Å². The van der Waals surface area contributed by atoms with Crippen LogP contribution >= 0.6 is 0 Å². The van der Waals surface area contributed by atoms with Gasteiger partial charge in [0, 0.05) is 11.3 Å². The molecule has 2 N–H and O–H groups in total. The van der Waals surface area contributed by atoms with E-state index in [0.717, 1.165) is 5.56 Å². The van der Waals surface area contributed by atoms with Gasteiger partial charge in [-0.15, -0.1) is 0 Å². The number of nitriles is 1. The molecule has 1 atom stereocenters.